The number of hydrogen-bond donors (Lipinski definition) is 0. The minimum absolute atomic E-state index is 0.194. The summed E-state index contributed by atoms with van der Waals surface area (Å²) in [5, 5.41) is 0. The zero-order valence-electron chi connectivity index (χ0n) is 13.5. The Kier molecular flexibility index (Phi) is 5.04. The Bertz CT molecular complexity index is 337. The van der Waals surface area contributed by atoms with E-state index in [-0.39, 0.29) is 19.4 Å². The summed E-state index contributed by atoms with van der Waals surface area (Å²) in [6.07, 6.45) is 3.64. The van der Waals surface area contributed by atoms with Crippen molar-refractivity contribution in [2.24, 2.45) is 23.2 Å². The summed E-state index contributed by atoms with van der Waals surface area (Å²) in [7, 11) is 1.32. The Balaban J connectivity index is 1.50. The maximum atomic E-state index is 5.92. The highest BCUT2D eigenvalue weighted by Gasteiger charge is 2.39. The van der Waals surface area contributed by atoms with Gasteiger partial charge in [0, 0.05) is 26.4 Å². The highest BCUT2D eigenvalue weighted by atomic mass is 16.6. The lowest BCUT2D eigenvalue weighted by atomic mass is 9.23. The molecule has 7 heteroatoms. The molecule has 0 amide bonds. The van der Waals surface area contributed by atoms with Gasteiger partial charge in [0.15, 0.2) is 0 Å². The fraction of sp³-hybridized carbons (Fsp3) is 1.00. The molecule has 115 valence electrons. The van der Waals surface area contributed by atoms with Crippen molar-refractivity contribution >= 4 is 21.1 Å². The van der Waals surface area contributed by atoms with Crippen molar-refractivity contribution in [1.82, 2.24) is 0 Å². The van der Waals surface area contributed by atoms with Gasteiger partial charge >= 0.3 is 14.0 Å². The van der Waals surface area contributed by atoms with Crippen LogP contribution in [-0.4, -0.2) is 47.5 Å². The van der Waals surface area contributed by atoms with Crippen LogP contribution in [0.4, 0.5) is 0 Å². The third-order valence-corrected chi connectivity index (χ3v) is 4.72. The molecule has 1 saturated carbocycles. The highest BCUT2D eigenvalue weighted by Crippen LogP contribution is 2.35. The normalized spacial score (nSPS) is 36.8. The van der Waals surface area contributed by atoms with Crippen molar-refractivity contribution in [2.45, 2.75) is 40.0 Å². The Hall–Kier alpha value is 0.0348. The van der Waals surface area contributed by atoms with Crippen LogP contribution in [0.15, 0.2) is 0 Å². The first-order valence-electron chi connectivity index (χ1n) is 8.31. The SMILES string of the molecule is CC1COB([B]B2OCC3CC(CO2)C3)OCC(C)(C)C1. The molecule has 1 aliphatic carbocycles. The molecule has 0 N–H and O–H groups in total. The average Bonchev–Trinajstić information content (AvgIpc) is 2.31. The largest absolute Gasteiger partial charge is 0.418 e. The lowest BCUT2D eigenvalue weighted by Crippen LogP contribution is -2.50. The summed E-state index contributed by atoms with van der Waals surface area (Å²) in [6.45, 7) is 9.77. The fourth-order valence-electron chi connectivity index (χ4n) is 3.68. The molecule has 4 nitrogen and oxygen atoms in total. The second-order valence-electron chi connectivity index (χ2n) is 7.92. The van der Waals surface area contributed by atoms with E-state index in [0.717, 1.165) is 38.1 Å². The van der Waals surface area contributed by atoms with E-state index in [0.29, 0.717) is 12.5 Å². The van der Waals surface area contributed by atoms with Gasteiger partial charge in [0.1, 0.15) is 0 Å². The van der Waals surface area contributed by atoms with Crippen LogP contribution in [0.1, 0.15) is 40.0 Å². The molecule has 2 bridgehead atoms. The van der Waals surface area contributed by atoms with Crippen LogP contribution in [0, 0.1) is 23.2 Å². The van der Waals surface area contributed by atoms with Gasteiger partial charge in [-0.15, -0.1) is 0 Å². The summed E-state index contributed by atoms with van der Waals surface area (Å²) in [5.41, 5.74) is 0.194. The molecule has 3 aliphatic heterocycles. The molecule has 0 spiro atoms. The first-order chi connectivity index (χ1) is 10.00. The Labute approximate surface area is 130 Å². The Morgan fingerprint density at radius 1 is 0.905 bits per heavy atom. The van der Waals surface area contributed by atoms with Crippen molar-refractivity contribution in [1.29, 1.82) is 0 Å². The van der Waals surface area contributed by atoms with Crippen molar-refractivity contribution in [3.05, 3.63) is 0 Å². The van der Waals surface area contributed by atoms with Crippen LogP contribution in [0.2, 0.25) is 0 Å². The van der Waals surface area contributed by atoms with Gasteiger partial charge < -0.3 is 18.6 Å². The summed E-state index contributed by atoms with van der Waals surface area (Å²) >= 11 is 0. The molecule has 0 aromatic heterocycles. The zero-order valence-corrected chi connectivity index (χ0v) is 13.5. The van der Waals surface area contributed by atoms with Gasteiger partial charge in [-0.3, -0.25) is 0 Å². The molecule has 21 heavy (non-hydrogen) atoms. The molecular weight excluding hydrogens is 265 g/mol. The predicted octanol–water partition coefficient (Wildman–Crippen LogP) is 1.83. The van der Waals surface area contributed by atoms with Gasteiger partial charge in [-0.05, 0) is 42.4 Å². The van der Waals surface area contributed by atoms with Crippen molar-refractivity contribution in [3.8, 4) is 0 Å². The van der Waals surface area contributed by atoms with E-state index in [1.807, 2.05) is 7.06 Å². The molecule has 4 aliphatic rings. The van der Waals surface area contributed by atoms with Crippen molar-refractivity contribution in [3.63, 3.8) is 0 Å². The van der Waals surface area contributed by atoms with E-state index in [9.17, 15) is 0 Å². The van der Waals surface area contributed by atoms with Crippen LogP contribution in [0.5, 0.6) is 0 Å². The second-order valence-corrected chi connectivity index (χ2v) is 7.92. The summed E-state index contributed by atoms with van der Waals surface area (Å²) in [5.74, 6) is 2.01. The average molecular weight is 291 g/mol. The van der Waals surface area contributed by atoms with Gasteiger partial charge in [0.05, 0.1) is 0 Å². The summed E-state index contributed by atoms with van der Waals surface area (Å²) < 4.78 is 23.5. The van der Waals surface area contributed by atoms with E-state index in [1.165, 1.54) is 12.8 Å². The molecule has 4 fully saturated rings. The van der Waals surface area contributed by atoms with E-state index in [1.54, 1.807) is 0 Å². The van der Waals surface area contributed by atoms with Gasteiger partial charge in [0.2, 0.25) is 7.06 Å². The molecule has 0 aromatic carbocycles. The number of rotatable bonds is 2. The lowest BCUT2D eigenvalue weighted by molar-refractivity contribution is 0.0323. The van der Waals surface area contributed by atoms with Crippen molar-refractivity contribution in [2.75, 3.05) is 26.4 Å². The summed E-state index contributed by atoms with van der Waals surface area (Å²) in [4.78, 5) is 0. The van der Waals surface area contributed by atoms with Crippen LogP contribution < -0.4 is 0 Å². The standard InChI is InChI=1S/C14H26B3O4/c1-11-6-14(2,3)10-21-17(18-7-11)15-16-19-8-12-4-13(5-12)9-20-16/h11-13H,4-10H2,1-3H3. The monoisotopic (exact) mass is 291 g/mol. The molecule has 3 heterocycles. The molecule has 0 aromatic rings. The fourth-order valence-corrected chi connectivity index (χ4v) is 3.68. The van der Waals surface area contributed by atoms with Gasteiger partial charge in [-0.2, -0.15) is 0 Å². The molecule has 1 atom stereocenters. The molecular formula is C14H26B3O4. The van der Waals surface area contributed by atoms with Gasteiger partial charge in [-0.1, -0.05) is 20.8 Å². The second kappa shape index (κ2) is 6.65. The minimum atomic E-state index is -0.326. The van der Waals surface area contributed by atoms with Crippen LogP contribution in [0.3, 0.4) is 0 Å². The van der Waals surface area contributed by atoms with E-state index < -0.39 is 0 Å². The van der Waals surface area contributed by atoms with Crippen molar-refractivity contribution < 1.29 is 18.6 Å². The van der Waals surface area contributed by atoms with Crippen LogP contribution in [-0.2, 0) is 18.6 Å². The maximum absolute atomic E-state index is 5.92. The van der Waals surface area contributed by atoms with E-state index in [2.05, 4.69) is 20.8 Å². The van der Waals surface area contributed by atoms with E-state index in [4.69, 9.17) is 18.6 Å². The molecule has 1 radical (unpaired) electrons. The third kappa shape index (κ3) is 4.50. The van der Waals surface area contributed by atoms with Gasteiger partial charge in [-0.25, -0.2) is 0 Å². The minimum Gasteiger partial charge on any atom is -0.418 e. The highest BCUT2D eigenvalue weighted by molar-refractivity contribution is 7.35. The first-order valence-corrected chi connectivity index (χ1v) is 8.31. The quantitative estimate of drug-likeness (QED) is 0.727. The molecule has 4 rings (SSSR count). The van der Waals surface area contributed by atoms with Crippen LogP contribution in [0.25, 0.3) is 0 Å². The maximum Gasteiger partial charge on any atom is 0.395 e. The zero-order chi connectivity index (χ0) is 14.9. The van der Waals surface area contributed by atoms with Gasteiger partial charge in [0.25, 0.3) is 0 Å². The predicted molar refractivity (Wildman–Crippen MR) is 84.8 cm³/mol. The van der Waals surface area contributed by atoms with Crippen LogP contribution >= 0.6 is 0 Å². The smallest absolute Gasteiger partial charge is 0.395 e. The summed E-state index contributed by atoms with van der Waals surface area (Å²) in [6, 6.07) is 0. The molecule has 1 unspecified atom stereocenters. The Morgan fingerprint density at radius 2 is 1.48 bits per heavy atom. The topological polar surface area (TPSA) is 36.9 Å². The number of hydrogen-bond acceptors (Lipinski definition) is 4. The van der Waals surface area contributed by atoms with E-state index >= 15 is 0 Å². The lowest BCUT2D eigenvalue weighted by Gasteiger charge is -2.39. The number of fused-ring (bicyclic) bond motifs is 4. The first kappa shape index (κ1) is 15.9. The third-order valence-electron chi connectivity index (χ3n) is 4.72. The molecule has 3 saturated heterocycles. The Morgan fingerprint density at radius 3 is 2.14 bits per heavy atom.